The highest BCUT2D eigenvalue weighted by Gasteiger charge is 2.09. The fourth-order valence-electron chi connectivity index (χ4n) is 1.86. The van der Waals surface area contributed by atoms with Crippen LogP contribution in [0.15, 0.2) is 43.1 Å². The molecule has 0 N–H and O–H groups in total. The van der Waals surface area contributed by atoms with Crippen LogP contribution in [0.1, 0.15) is 22.4 Å². The Balaban J connectivity index is 0.00000180. The first-order valence-electron chi connectivity index (χ1n) is 5.97. The number of aryl methyl sites for hydroxylation is 2. The van der Waals surface area contributed by atoms with Crippen LogP contribution in [0.5, 0.6) is 5.75 Å². The minimum atomic E-state index is 0. The number of benzene rings is 1. The average molecular weight is 276 g/mol. The van der Waals surface area contributed by atoms with E-state index in [4.69, 9.17) is 4.74 Å². The van der Waals surface area contributed by atoms with Crippen LogP contribution in [0.3, 0.4) is 0 Å². The molecule has 0 aliphatic carbocycles. The molecule has 0 radical (unpaired) electrons. The molecule has 0 aliphatic rings. The number of pyridine rings is 1. The van der Waals surface area contributed by atoms with Gasteiger partial charge >= 0.3 is 0 Å². The Morgan fingerprint density at radius 1 is 1.21 bits per heavy atom. The van der Waals surface area contributed by atoms with Crippen LogP contribution in [0.2, 0.25) is 0 Å². The van der Waals surface area contributed by atoms with Crippen molar-refractivity contribution in [2.24, 2.45) is 0 Å². The van der Waals surface area contributed by atoms with E-state index in [-0.39, 0.29) is 12.4 Å². The van der Waals surface area contributed by atoms with Crippen molar-refractivity contribution in [1.29, 1.82) is 0 Å². The molecule has 1 heterocycles. The number of ether oxygens (including phenoxy) is 1. The highest BCUT2D eigenvalue weighted by Crippen LogP contribution is 2.26. The topological polar surface area (TPSA) is 22.1 Å². The quantitative estimate of drug-likeness (QED) is 0.828. The van der Waals surface area contributed by atoms with Gasteiger partial charge in [0, 0.05) is 11.8 Å². The maximum atomic E-state index is 5.89. The standard InChI is InChI=1S/C16H17NO.ClH/c1-4-15-12(2)10-17-13(3)16(15)18-11-14-8-6-5-7-9-14;/h4-10H,1,11H2,2-3H3;1H. The molecule has 0 atom stereocenters. The van der Waals surface area contributed by atoms with Crippen molar-refractivity contribution in [1.82, 2.24) is 4.98 Å². The highest BCUT2D eigenvalue weighted by atomic mass is 35.5. The van der Waals surface area contributed by atoms with E-state index >= 15 is 0 Å². The van der Waals surface area contributed by atoms with Gasteiger partial charge in [0.2, 0.25) is 0 Å². The summed E-state index contributed by atoms with van der Waals surface area (Å²) in [4.78, 5) is 4.33. The van der Waals surface area contributed by atoms with Gasteiger partial charge in [0.1, 0.15) is 12.4 Å². The molecule has 0 amide bonds. The summed E-state index contributed by atoms with van der Waals surface area (Å²) in [6.07, 6.45) is 3.67. The second kappa shape index (κ2) is 6.95. The Hall–Kier alpha value is -1.80. The van der Waals surface area contributed by atoms with Gasteiger partial charge in [-0.15, -0.1) is 12.4 Å². The molecular weight excluding hydrogens is 258 g/mol. The zero-order valence-electron chi connectivity index (χ0n) is 11.2. The molecule has 0 fully saturated rings. The third-order valence-corrected chi connectivity index (χ3v) is 2.88. The zero-order valence-corrected chi connectivity index (χ0v) is 12.0. The van der Waals surface area contributed by atoms with Gasteiger partial charge in [-0.2, -0.15) is 0 Å². The lowest BCUT2D eigenvalue weighted by Gasteiger charge is -2.13. The second-order valence-corrected chi connectivity index (χ2v) is 4.25. The summed E-state index contributed by atoms with van der Waals surface area (Å²) < 4.78 is 5.89. The molecule has 100 valence electrons. The van der Waals surface area contributed by atoms with Gasteiger partial charge in [-0.3, -0.25) is 4.98 Å². The van der Waals surface area contributed by atoms with Gasteiger partial charge in [0.05, 0.1) is 5.69 Å². The van der Waals surface area contributed by atoms with Crippen LogP contribution in [-0.4, -0.2) is 4.98 Å². The van der Waals surface area contributed by atoms with Crippen molar-refractivity contribution >= 4 is 18.5 Å². The Bertz CT molecular complexity index is 552. The Labute approximate surface area is 120 Å². The van der Waals surface area contributed by atoms with Gasteiger partial charge in [0.25, 0.3) is 0 Å². The molecule has 0 spiro atoms. The van der Waals surface area contributed by atoms with Crippen LogP contribution < -0.4 is 4.74 Å². The summed E-state index contributed by atoms with van der Waals surface area (Å²) >= 11 is 0. The third kappa shape index (κ3) is 3.58. The molecule has 0 bridgehead atoms. The van der Waals surface area contributed by atoms with Crippen LogP contribution in [0, 0.1) is 13.8 Å². The highest BCUT2D eigenvalue weighted by molar-refractivity contribution is 5.85. The summed E-state index contributed by atoms with van der Waals surface area (Å²) in [5.74, 6) is 0.828. The molecule has 1 aromatic heterocycles. The van der Waals surface area contributed by atoms with Crippen molar-refractivity contribution in [3.05, 3.63) is 65.5 Å². The van der Waals surface area contributed by atoms with Crippen molar-refractivity contribution < 1.29 is 4.74 Å². The maximum absolute atomic E-state index is 5.89. The van der Waals surface area contributed by atoms with E-state index in [2.05, 4.69) is 11.6 Å². The predicted octanol–water partition coefficient (Wildman–Crippen LogP) is 4.34. The molecule has 3 heteroatoms. The first-order chi connectivity index (χ1) is 8.72. The van der Waals surface area contributed by atoms with E-state index < -0.39 is 0 Å². The predicted molar refractivity (Wildman–Crippen MR) is 81.8 cm³/mol. The van der Waals surface area contributed by atoms with Crippen molar-refractivity contribution in [2.45, 2.75) is 20.5 Å². The van der Waals surface area contributed by atoms with Gasteiger partial charge in [-0.1, -0.05) is 43.0 Å². The maximum Gasteiger partial charge on any atom is 0.148 e. The number of halogens is 1. The number of hydrogen-bond donors (Lipinski definition) is 0. The number of aromatic nitrogens is 1. The van der Waals surface area contributed by atoms with Gasteiger partial charge in [-0.25, -0.2) is 0 Å². The lowest BCUT2D eigenvalue weighted by Crippen LogP contribution is -2.01. The minimum Gasteiger partial charge on any atom is -0.486 e. The van der Waals surface area contributed by atoms with Crippen molar-refractivity contribution in [2.75, 3.05) is 0 Å². The molecule has 2 aromatic rings. The van der Waals surface area contributed by atoms with Gasteiger partial charge < -0.3 is 4.74 Å². The van der Waals surface area contributed by atoms with E-state index in [9.17, 15) is 0 Å². The van der Waals surface area contributed by atoms with Crippen LogP contribution >= 0.6 is 12.4 Å². The molecule has 19 heavy (non-hydrogen) atoms. The fourth-order valence-corrected chi connectivity index (χ4v) is 1.86. The van der Waals surface area contributed by atoms with E-state index in [1.165, 1.54) is 0 Å². The number of rotatable bonds is 4. The summed E-state index contributed by atoms with van der Waals surface area (Å²) in [6.45, 7) is 8.35. The summed E-state index contributed by atoms with van der Waals surface area (Å²) in [5, 5.41) is 0. The monoisotopic (exact) mass is 275 g/mol. The molecule has 1 aromatic carbocycles. The van der Waals surface area contributed by atoms with Crippen LogP contribution in [0.25, 0.3) is 6.08 Å². The molecule has 2 nitrogen and oxygen atoms in total. The largest absolute Gasteiger partial charge is 0.486 e. The first-order valence-corrected chi connectivity index (χ1v) is 5.97. The smallest absolute Gasteiger partial charge is 0.148 e. The Kier molecular flexibility index (Phi) is 5.58. The van der Waals surface area contributed by atoms with Gasteiger partial charge in [-0.05, 0) is 25.0 Å². The molecule has 2 rings (SSSR count). The molecular formula is C16H18ClNO. The van der Waals surface area contributed by atoms with Gasteiger partial charge in [0.15, 0.2) is 0 Å². The third-order valence-electron chi connectivity index (χ3n) is 2.88. The van der Waals surface area contributed by atoms with E-state index in [0.717, 1.165) is 28.1 Å². The van der Waals surface area contributed by atoms with Crippen molar-refractivity contribution in [3.8, 4) is 5.75 Å². The lowest BCUT2D eigenvalue weighted by atomic mass is 10.1. The molecule has 0 unspecified atom stereocenters. The number of nitrogens with zero attached hydrogens (tertiary/aromatic N) is 1. The second-order valence-electron chi connectivity index (χ2n) is 4.25. The average Bonchev–Trinajstić information content (AvgIpc) is 2.41. The van der Waals surface area contributed by atoms with E-state index in [1.54, 1.807) is 0 Å². The summed E-state index contributed by atoms with van der Waals surface area (Å²) in [7, 11) is 0. The number of hydrogen-bond acceptors (Lipinski definition) is 2. The van der Waals surface area contributed by atoms with Crippen molar-refractivity contribution in [3.63, 3.8) is 0 Å². The normalized spacial score (nSPS) is 9.58. The molecule has 0 saturated heterocycles. The van der Waals surface area contributed by atoms with E-state index in [0.29, 0.717) is 6.61 Å². The lowest BCUT2D eigenvalue weighted by molar-refractivity contribution is 0.301. The molecule has 0 aliphatic heterocycles. The zero-order chi connectivity index (χ0) is 13.0. The minimum absolute atomic E-state index is 0. The van der Waals surface area contributed by atoms with Crippen LogP contribution in [-0.2, 0) is 6.61 Å². The molecule has 0 saturated carbocycles. The van der Waals surface area contributed by atoms with Crippen LogP contribution in [0.4, 0.5) is 0 Å². The Morgan fingerprint density at radius 2 is 1.89 bits per heavy atom. The first kappa shape index (κ1) is 15.3. The Morgan fingerprint density at radius 3 is 2.53 bits per heavy atom. The summed E-state index contributed by atoms with van der Waals surface area (Å²) in [6, 6.07) is 10.1. The fraction of sp³-hybridized carbons (Fsp3) is 0.188. The summed E-state index contributed by atoms with van der Waals surface area (Å²) in [5.41, 5.74) is 4.15. The SMILES string of the molecule is C=Cc1c(C)cnc(C)c1OCc1ccccc1.Cl. The van der Waals surface area contributed by atoms with E-state index in [1.807, 2.05) is 56.5 Å².